The van der Waals surface area contributed by atoms with Gasteiger partial charge in [0.25, 0.3) is 0 Å². The number of hydrogen-bond donors (Lipinski definition) is 1. The zero-order valence-corrected chi connectivity index (χ0v) is 10.1. The van der Waals surface area contributed by atoms with E-state index in [1.165, 1.54) is 11.5 Å². The predicted octanol–water partition coefficient (Wildman–Crippen LogP) is 0.543. The van der Waals surface area contributed by atoms with Crippen molar-refractivity contribution in [2.24, 2.45) is 5.73 Å². The minimum Gasteiger partial charge on any atom is -0.330 e. The lowest BCUT2D eigenvalue weighted by Crippen LogP contribution is -2.15. The summed E-state index contributed by atoms with van der Waals surface area (Å²) in [5.74, 6) is 4.57. The Morgan fingerprint density at radius 2 is 2.40 bits per heavy atom. The summed E-state index contributed by atoms with van der Waals surface area (Å²) in [6, 6.07) is 0. The summed E-state index contributed by atoms with van der Waals surface area (Å²) in [5.41, 5.74) is 5.48. The summed E-state index contributed by atoms with van der Waals surface area (Å²) in [5, 5.41) is 12.3. The topological polar surface area (TPSA) is 69.6 Å². The molecule has 0 saturated carbocycles. The van der Waals surface area contributed by atoms with Crippen LogP contribution in [-0.2, 0) is 6.54 Å². The fourth-order valence-corrected chi connectivity index (χ4v) is 4.14. The molecule has 1 aliphatic rings. The van der Waals surface area contributed by atoms with Crippen molar-refractivity contribution in [3.05, 3.63) is 5.82 Å². The first-order chi connectivity index (χ1) is 7.42. The van der Waals surface area contributed by atoms with Crippen LogP contribution in [0.15, 0.2) is 0 Å². The lowest BCUT2D eigenvalue weighted by Gasteiger charge is -2.19. The Bertz CT molecular complexity index is 297. The van der Waals surface area contributed by atoms with Crippen LogP contribution in [0.25, 0.3) is 0 Å². The third kappa shape index (κ3) is 2.85. The van der Waals surface area contributed by atoms with Gasteiger partial charge in [-0.3, -0.25) is 0 Å². The van der Waals surface area contributed by atoms with Crippen molar-refractivity contribution in [2.75, 3.05) is 23.8 Å². The van der Waals surface area contributed by atoms with Crippen LogP contribution in [-0.4, -0.2) is 44.0 Å². The summed E-state index contributed by atoms with van der Waals surface area (Å²) in [6.07, 6.45) is 0.933. The second-order valence-electron chi connectivity index (χ2n) is 3.34. The second kappa shape index (κ2) is 5.72. The second-order valence-corrected chi connectivity index (χ2v) is 5.80. The van der Waals surface area contributed by atoms with Gasteiger partial charge in [0.15, 0.2) is 5.82 Å². The quantitative estimate of drug-likeness (QED) is 0.835. The molecule has 1 aliphatic heterocycles. The van der Waals surface area contributed by atoms with E-state index in [2.05, 4.69) is 15.5 Å². The highest BCUT2D eigenvalue weighted by Gasteiger charge is 2.22. The molecule has 1 saturated heterocycles. The molecule has 84 valence electrons. The van der Waals surface area contributed by atoms with E-state index in [1.54, 1.807) is 0 Å². The van der Waals surface area contributed by atoms with Crippen molar-refractivity contribution in [3.63, 3.8) is 0 Å². The van der Waals surface area contributed by atoms with Gasteiger partial charge in [-0.1, -0.05) is 0 Å². The molecule has 0 radical (unpaired) electrons. The minimum atomic E-state index is 0.455. The van der Waals surface area contributed by atoms with Crippen molar-refractivity contribution in [1.82, 2.24) is 20.2 Å². The molecule has 0 bridgehead atoms. The molecule has 1 aromatic rings. The molecule has 1 atom stereocenters. The van der Waals surface area contributed by atoms with Gasteiger partial charge >= 0.3 is 0 Å². The molecule has 1 fully saturated rings. The summed E-state index contributed by atoms with van der Waals surface area (Å²) >= 11 is 3.93. The maximum absolute atomic E-state index is 5.48. The molecule has 2 heterocycles. The number of aryl methyl sites for hydroxylation is 1. The van der Waals surface area contributed by atoms with Gasteiger partial charge < -0.3 is 5.73 Å². The molecule has 0 aliphatic carbocycles. The fourth-order valence-electron chi connectivity index (χ4n) is 1.48. The van der Waals surface area contributed by atoms with Crippen molar-refractivity contribution >= 4 is 23.5 Å². The van der Waals surface area contributed by atoms with Crippen LogP contribution >= 0.6 is 23.5 Å². The lowest BCUT2D eigenvalue weighted by atomic mass is 10.4. The van der Waals surface area contributed by atoms with E-state index in [-0.39, 0.29) is 0 Å². The maximum Gasteiger partial charge on any atom is 0.165 e. The Hall–Kier alpha value is -0.270. The van der Waals surface area contributed by atoms with Crippen LogP contribution in [0.1, 0.15) is 17.5 Å². The van der Waals surface area contributed by atoms with Gasteiger partial charge in [0.1, 0.15) is 0 Å². The van der Waals surface area contributed by atoms with Crippen LogP contribution in [0.3, 0.4) is 0 Å². The van der Waals surface area contributed by atoms with Gasteiger partial charge in [0, 0.05) is 23.8 Å². The highest BCUT2D eigenvalue weighted by Crippen LogP contribution is 2.35. The zero-order valence-electron chi connectivity index (χ0n) is 8.50. The highest BCUT2D eigenvalue weighted by atomic mass is 32.2. The maximum atomic E-state index is 5.48. The normalized spacial score (nSPS) is 21.8. The van der Waals surface area contributed by atoms with E-state index in [0.717, 1.165) is 24.5 Å². The van der Waals surface area contributed by atoms with Crippen LogP contribution in [0, 0.1) is 0 Å². The van der Waals surface area contributed by atoms with Gasteiger partial charge in [-0.15, -0.1) is 16.9 Å². The van der Waals surface area contributed by atoms with Crippen LogP contribution in [0.2, 0.25) is 0 Å². The molecular formula is C8H15N5S2. The average molecular weight is 245 g/mol. The fraction of sp³-hybridized carbons (Fsp3) is 0.875. The number of nitrogens with zero attached hydrogens (tertiary/aromatic N) is 4. The van der Waals surface area contributed by atoms with Crippen molar-refractivity contribution in [2.45, 2.75) is 18.2 Å². The Balaban J connectivity index is 2.02. The van der Waals surface area contributed by atoms with Gasteiger partial charge in [0.05, 0.1) is 5.25 Å². The number of thioether (sulfide) groups is 2. The molecule has 0 spiro atoms. The monoisotopic (exact) mass is 245 g/mol. The molecule has 2 rings (SSSR count). The summed E-state index contributed by atoms with van der Waals surface area (Å²) in [4.78, 5) is 0. The molecule has 5 nitrogen and oxygen atoms in total. The average Bonchev–Trinajstić information content (AvgIpc) is 2.75. The van der Waals surface area contributed by atoms with E-state index >= 15 is 0 Å². The molecule has 1 unspecified atom stereocenters. The van der Waals surface area contributed by atoms with Crippen molar-refractivity contribution < 1.29 is 0 Å². The van der Waals surface area contributed by atoms with E-state index in [0.29, 0.717) is 11.8 Å². The van der Waals surface area contributed by atoms with Crippen LogP contribution in [0.4, 0.5) is 0 Å². The number of aromatic nitrogens is 4. The predicted molar refractivity (Wildman–Crippen MR) is 64.0 cm³/mol. The summed E-state index contributed by atoms with van der Waals surface area (Å²) < 4.78 is 1.90. The number of tetrazole rings is 1. The lowest BCUT2D eigenvalue weighted by molar-refractivity contribution is 0.544. The summed E-state index contributed by atoms with van der Waals surface area (Å²) in [6.45, 7) is 1.52. The molecule has 7 heteroatoms. The SMILES string of the molecule is NCCCn1nnnc1C1CSCCS1. The third-order valence-corrected chi connectivity index (χ3v) is 4.99. The Labute approximate surface area is 97.5 Å². The largest absolute Gasteiger partial charge is 0.330 e. The Morgan fingerprint density at radius 1 is 1.47 bits per heavy atom. The van der Waals surface area contributed by atoms with E-state index in [9.17, 15) is 0 Å². The van der Waals surface area contributed by atoms with E-state index < -0.39 is 0 Å². The van der Waals surface area contributed by atoms with E-state index in [1.807, 2.05) is 28.2 Å². The first kappa shape index (κ1) is 11.2. The minimum absolute atomic E-state index is 0.455. The number of rotatable bonds is 4. The van der Waals surface area contributed by atoms with Crippen LogP contribution in [0.5, 0.6) is 0 Å². The molecule has 2 N–H and O–H groups in total. The van der Waals surface area contributed by atoms with Gasteiger partial charge in [-0.2, -0.15) is 11.8 Å². The first-order valence-corrected chi connectivity index (χ1v) is 7.27. The molecular weight excluding hydrogens is 230 g/mol. The smallest absolute Gasteiger partial charge is 0.165 e. The standard InChI is InChI=1S/C8H15N5S2/c9-2-1-3-13-8(10-11-12-13)7-6-14-4-5-15-7/h7H,1-6,9H2. The number of hydrogen-bond acceptors (Lipinski definition) is 6. The molecule has 1 aromatic heterocycles. The van der Waals surface area contributed by atoms with Crippen molar-refractivity contribution in [1.29, 1.82) is 0 Å². The third-order valence-electron chi connectivity index (χ3n) is 2.24. The summed E-state index contributed by atoms with van der Waals surface area (Å²) in [7, 11) is 0. The Kier molecular flexibility index (Phi) is 4.28. The molecule has 0 amide bonds. The van der Waals surface area contributed by atoms with Gasteiger partial charge in [-0.25, -0.2) is 4.68 Å². The highest BCUT2D eigenvalue weighted by molar-refractivity contribution is 8.06. The zero-order chi connectivity index (χ0) is 10.5. The van der Waals surface area contributed by atoms with Crippen molar-refractivity contribution in [3.8, 4) is 0 Å². The van der Waals surface area contributed by atoms with Gasteiger partial charge in [0.2, 0.25) is 0 Å². The van der Waals surface area contributed by atoms with Crippen LogP contribution < -0.4 is 5.73 Å². The Morgan fingerprint density at radius 3 is 3.13 bits per heavy atom. The van der Waals surface area contributed by atoms with Gasteiger partial charge in [-0.05, 0) is 23.4 Å². The molecule has 15 heavy (non-hydrogen) atoms. The number of nitrogens with two attached hydrogens (primary N) is 1. The first-order valence-electron chi connectivity index (χ1n) is 5.07. The van der Waals surface area contributed by atoms with E-state index in [4.69, 9.17) is 5.73 Å². The molecule has 0 aromatic carbocycles.